The normalized spacial score (nSPS) is 15.9. The van der Waals surface area contributed by atoms with Gasteiger partial charge in [0.25, 0.3) is 5.92 Å². The van der Waals surface area contributed by atoms with E-state index in [4.69, 9.17) is 0 Å². The van der Waals surface area contributed by atoms with Crippen LogP contribution in [-0.4, -0.2) is 35.5 Å². The highest BCUT2D eigenvalue weighted by Crippen LogP contribution is 2.50. The van der Waals surface area contributed by atoms with Gasteiger partial charge in [0.2, 0.25) is 0 Å². The average Bonchev–Trinajstić information content (AvgIpc) is 2.23. The fourth-order valence-corrected chi connectivity index (χ4v) is 1.59. The van der Waals surface area contributed by atoms with Crippen LogP contribution in [0.5, 0.6) is 0 Å². The molecule has 0 atom stereocenters. The van der Waals surface area contributed by atoms with Crippen molar-refractivity contribution < 1.29 is 49.0 Å². The summed E-state index contributed by atoms with van der Waals surface area (Å²) in [5.41, 5.74) is -6.84. The molecule has 0 saturated heterocycles. The maximum atomic E-state index is 13.8. The molecule has 0 fully saturated rings. The predicted molar refractivity (Wildman–Crippen MR) is 61.5 cm³/mol. The minimum Gasteiger partial charge on any atom is -0.303 e. The first kappa shape index (κ1) is 22.3. The van der Waals surface area contributed by atoms with E-state index in [1.165, 1.54) is 0 Å². The monoisotopic (exact) mass is 364 g/mol. The zero-order valence-corrected chi connectivity index (χ0v) is 12.9. The van der Waals surface area contributed by atoms with Crippen LogP contribution in [0.3, 0.4) is 0 Å². The first-order valence-corrected chi connectivity index (χ1v) is 6.33. The van der Waals surface area contributed by atoms with Gasteiger partial charge in [0.15, 0.2) is 0 Å². The van der Waals surface area contributed by atoms with E-state index in [9.17, 15) is 39.5 Å². The number of halogens is 9. The van der Waals surface area contributed by atoms with Gasteiger partial charge in [-0.2, -0.15) is 17.6 Å². The van der Waals surface area contributed by atoms with Crippen molar-refractivity contribution >= 4 is 0 Å². The predicted octanol–water partition coefficient (Wildman–Crippen LogP) is 5.37. The van der Waals surface area contributed by atoms with Crippen LogP contribution < -0.4 is 0 Å². The summed E-state index contributed by atoms with van der Waals surface area (Å²) in [6, 6.07) is 0. The minimum atomic E-state index is -5.65. The van der Waals surface area contributed by atoms with Gasteiger partial charge in [0.1, 0.15) is 11.2 Å². The van der Waals surface area contributed by atoms with E-state index in [-0.39, 0.29) is 13.8 Å². The molecule has 0 unspecified atom stereocenters. The summed E-state index contributed by atoms with van der Waals surface area (Å²) < 4.78 is 125. The van der Waals surface area contributed by atoms with Crippen molar-refractivity contribution in [2.24, 2.45) is 0 Å². The minimum absolute atomic E-state index is 0.0444. The summed E-state index contributed by atoms with van der Waals surface area (Å²) in [6.07, 6.45) is -12.3. The van der Waals surface area contributed by atoms with Crippen LogP contribution in [0, 0.1) is 0 Å². The molecule has 0 radical (unpaired) electrons. The Morgan fingerprint density at radius 1 is 0.652 bits per heavy atom. The van der Waals surface area contributed by atoms with Crippen molar-refractivity contribution in [2.75, 3.05) is 0 Å². The van der Waals surface area contributed by atoms with Crippen molar-refractivity contribution in [1.29, 1.82) is 0 Å². The summed E-state index contributed by atoms with van der Waals surface area (Å²) in [6.45, 7) is 1.85. The highest BCUT2D eigenvalue weighted by Gasteiger charge is 2.71. The largest absolute Gasteiger partial charge is 0.523 e. The van der Waals surface area contributed by atoms with Crippen molar-refractivity contribution in [3.05, 3.63) is 0 Å². The van der Waals surface area contributed by atoms with Crippen molar-refractivity contribution in [3.8, 4) is 0 Å². The van der Waals surface area contributed by atoms with E-state index >= 15 is 0 Å². The molecule has 23 heavy (non-hydrogen) atoms. The first-order valence-electron chi connectivity index (χ1n) is 6.33. The van der Waals surface area contributed by atoms with Crippen LogP contribution in [0.2, 0.25) is 0 Å². The summed E-state index contributed by atoms with van der Waals surface area (Å²) in [7, 11) is 0. The van der Waals surface area contributed by atoms with Crippen molar-refractivity contribution in [3.63, 3.8) is 0 Å². The fraction of sp³-hybridized carbons (Fsp3) is 1.00. The van der Waals surface area contributed by atoms with Crippen LogP contribution >= 0.6 is 0 Å². The van der Waals surface area contributed by atoms with Gasteiger partial charge >= 0.3 is 18.4 Å². The van der Waals surface area contributed by atoms with Gasteiger partial charge in [-0.1, -0.05) is 6.92 Å². The summed E-state index contributed by atoms with van der Waals surface area (Å²) in [5, 5.41) is 0. The number of rotatable bonds is 7. The van der Waals surface area contributed by atoms with Crippen LogP contribution in [-0.2, 0) is 9.47 Å². The molecule has 0 aromatic carbocycles. The average molecular weight is 364 g/mol. The van der Waals surface area contributed by atoms with Crippen molar-refractivity contribution in [1.82, 2.24) is 0 Å². The van der Waals surface area contributed by atoms with E-state index in [0.29, 0.717) is 13.8 Å². The maximum Gasteiger partial charge on any atom is 0.523 e. The molecule has 0 aliphatic heterocycles. The smallest absolute Gasteiger partial charge is 0.303 e. The van der Waals surface area contributed by atoms with E-state index in [0.717, 1.165) is 6.92 Å². The van der Waals surface area contributed by atoms with Gasteiger partial charge in [0.05, 0.1) is 0 Å². The third-order valence-corrected chi connectivity index (χ3v) is 3.20. The van der Waals surface area contributed by atoms with Gasteiger partial charge in [-0.3, -0.25) is 4.74 Å². The highest BCUT2D eigenvalue weighted by atomic mass is 19.4. The third kappa shape index (κ3) is 4.65. The first-order chi connectivity index (χ1) is 9.72. The summed E-state index contributed by atoms with van der Waals surface area (Å²) in [5.74, 6) is -9.49. The maximum absolute atomic E-state index is 13.8. The highest BCUT2D eigenvalue weighted by molar-refractivity contribution is 4.97. The van der Waals surface area contributed by atoms with Crippen molar-refractivity contribution in [2.45, 2.75) is 76.6 Å². The fourth-order valence-electron chi connectivity index (χ4n) is 1.59. The molecule has 0 aromatic rings. The second-order valence-corrected chi connectivity index (χ2v) is 5.82. The quantitative estimate of drug-likeness (QED) is 0.566. The standard InChI is InChI=1S/C12H17F9O2/c1-6-9(13,14)7(2,3)22-11(17,18)10(15,16)8(4,5)23-12(19,20)21/h6H2,1-5H3. The lowest BCUT2D eigenvalue weighted by atomic mass is 9.95. The zero-order chi connectivity index (χ0) is 19.1. The number of ether oxygens (including phenoxy) is 2. The van der Waals surface area contributed by atoms with E-state index in [1.54, 1.807) is 0 Å². The Morgan fingerprint density at radius 2 is 1.04 bits per heavy atom. The zero-order valence-electron chi connectivity index (χ0n) is 12.9. The Kier molecular flexibility index (Phi) is 5.79. The molecular formula is C12H17F9O2. The topological polar surface area (TPSA) is 18.5 Å². The lowest BCUT2D eigenvalue weighted by molar-refractivity contribution is -0.458. The molecule has 0 bridgehead atoms. The summed E-state index contributed by atoms with van der Waals surface area (Å²) >= 11 is 0. The molecule has 0 N–H and O–H groups in total. The Hall–Kier alpha value is -0.710. The second kappa shape index (κ2) is 5.98. The molecule has 2 nitrogen and oxygen atoms in total. The SMILES string of the molecule is CCC(F)(F)C(C)(C)OC(F)(F)C(F)(F)C(C)(C)OC(F)(F)F. The van der Waals surface area contributed by atoms with Gasteiger partial charge in [-0.25, -0.2) is 8.78 Å². The number of hydrogen-bond donors (Lipinski definition) is 0. The van der Waals surface area contributed by atoms with E-state index in [1.807, 2.05) is 0 Å². The Labute approximate surface area is 126 Å². The molecule has 0 heterocycles. The Morgan fingerprint density at radius 3 is 1.35 bits per heavy atom. The molecule has 0 aliphatic rings. The van der Waals surface area contributed by atoms with E-state index < -0.39 is 41.9 Å². The molecule has 0 saturated carbocycles. The van der Waals surface area contributed by atoms with Gasteiger partial charge < -0.3 is 4.74 Å². The van der Waals surface area contributed by atoms with Crippen LogP contribution in [0.1, 0.15) is 41.0 Å². The number of alkyl halides is 9. The molecule has 0 aliphatic carbocycles. The molecule has 0 spiro atoms. The molecule has 0 rings (SSSR count). The van der Waals surface area contributed by atoms with Gasteiger partial charge in [-0.05, 0) is 27.7 Å². The Bertz CT molecular complexity index is 413. The molecule has 0 amide bonds. The number of hydrogen-bond acceptors (Lipinski definition) is 2. The lowest BCUT2D eigenvalue weighted by Gasteiger charge is -2.42. The molecule has 0 aromatic heterocycles. The summed E-state index contributed by atoms with van der Waals surface area (Å²) in [4.78, 5) is 0. The van der Waals surface area contributed by atoms with Crippen LogP contribution in [0.4, 0.5) is 39.5 Å². The van der Waals surface area contributed by atoms with E-state index in [2.05, 4.69) is 9.47 Å². The van der Waals surface area contributed by atoms with Crippen LogP contribution in [0.15, 0.2) is 0 Å². The Balaban J connectivity index is 5.64. The van der Waals surface area contributed by atoms with Crippen LogP contribution in [0.25, 0.3) is 0 Å². The second-order valence-electron chi connectivity index (χ2n) is 5.82. The van der Waals surface area contributed by atoms with Gasteiger partial charge in [-0.15, -0.1) is 13.2 Å². The lowest BCUT2D eigenvalue weighted by Crippen LogP contribution is -2.62. The molecule has 140 valence electrons. The molecule has 11 heteroatoms. The molecular weight excluding hydrogens is 347 g/mol. The third-order valence-electron chi connectivity index (χ3n) is 3.20. The van der Waals surface area contributed by atoms with Gasteiger partial charge in [0, 0.05) is 6.42 Å².